The van der Waals surface area contributed by atoms with Crippen molar-refractivity contribution in [2.75, 3.05) is 0 Å². The van der Waals surface area contributed by atoms with Crippen LogP contribution in [0.25, 0.3) is 0 Å². The van der Waals surface area contributed by atoms with E-state index < -0.39 is 17.9 Å². The highest BCUT2D eigenvalue weighted by Gasteiger charge is 2.32. The van der Waals surface area contributed by atoms with Gasteiger partial charge in [0.15, 0.2) is 0 Å². The number of carboxylic acids is 1. The van der Waals surface area contributed by atoms with Gasteiger partial charge in [0.25, 0.3) is 0 Å². The molecule has 3 atom stereocenters. The molecule has 0 radical (unpaired) electrons. The Hall–Kier alpha value is -1.88. The number of carboxylic acid groups (broad SMARTS) is 1. The van der Waals surface area contributed by atoms with Gasteiger partial charge >= 0.3 is 5.97 Å². The largest absolute Gasteiger partial charge is 0.481 e. The molecule has 2 unspecified atom stereocenters. The predicted octanol–water partition coefficient (Wildman–Crippen LogP) is 1.45. The Labute approximate surface area is 118 Å². The summed E-state index contributed by atoms with van der Waals surface area (Å²) < 4.78 is 0. The molecule has 0 heterocycles. The van der Waals surface area contributed by atoms with Crippen molar-refractivity contribution in [3.8, 4) is 0 Å². The van der Waals surface area contributed by atoms with Crippen LogP contribution in [0.5, 0.6) is 0 Å². The fourth-order valence-electron chi connectivity index (χ4n) is 2.68. The summed E-state index contributed by atoms with van der Waals surface area (Å²) in [7, 11) is 0. The maximum absolute atomic E-state index is 12.2. The van der Waals surface area contributed by atoms with Gasteiger partial charge in [-0.05, 0) is 18.4 Å². The summed E-state index contributed by atoms with van der Waals surface area (Å²) in [5.41, 5.74) is 6.65. The second-order valence-corrected chi connectivity index (χ2v) is 5.23. The molecule has 1 aromatic carbocycles. The average Bonchev–Trinajstić information content (AvgIpc) is 2.47. The number of hydrogen-bond acceptors (Lipinski definition) is 3. The molecule has 1 fully saturated rings. The second-order valence-electron chi connectivity index (χ2n) is 5.23. The van der Waals surface area contributed by atoms with Crippen LogP contribution in [0.4, 0.5) is 0 Å². The molecule has 1 amide bonds. The third kappa shape index (κ3) is 3.36. The fraction of sp³-hybridized carbons (Fsp3) is 0.467. The highest BCUT2D eigenvalue weighted by Crippen LogP contribution is 2.25. The van der Waals surface area contributed by atoms with Crippen LogP contribution in [0, 0.1) is 5.92 Å². The Kier molecular flexibility index (Phi) is 4.74. The number of nitrogens with two attached hydrogens (primary N) is 1. The first-order chi connectivity index (χ1) is 9.59. The third-order valence-electron chi connectivity index (χ3n) is 3.85. The van der Waals surface area contributed by atoms with E-state index in [4.69, 9.17) is 5.73 Å². The quantitative estimate of drug-likeness (QED) is 0.776. The molecular formula is C15H20N2O3. The topological polar surface area (TPSA) is 92.4 Å². The molecule has 0 bridgehead atoms. The van der Waals surface area contributed by atoms with Crippen molar-refractivity contribution < 1.29 is 14.7 Å². The highest BCUT2D eigenvalue weighted by atomic mass is 16.4. The van der Waals surface area contributed by atoms with Gasteiger partial charge in [-0.1, -0.05) is 43.2 Å². The lowest BCUT2D eigenvalue weighted by molar-refractivity contribution is -0.144. The summed E-state index contributed by atoms with van der Waals surface area (Å²) in [5.74, 6) is -1.66. The van der Waals surface area contributed by atoms with Gasteiger partial charge in [-0.25, -0.2) is 0 Å². The summed E-state index contributed by atoms with van der Waals surface area (Å²) in [6.45, 7) is 0. The van der Waals surface area contributed by atoms with Crippen molar-refractivity contribution in [3.05, 3.63) is 35.9 Å². The predicted molar refractivity (Wildman–Crippen MR) is 74.9 cm³/mol. The lowest BCUT2D eigenvalue weighted by atomic mass is 9.84. The maximum Gasteiger partial charge on any atom is 0.308 e. The fourth-order valence-corrected chi connectivity index (χ4v) is 2.68. The molecule has 0 aromatic heterocycles. The van der Waals surface area contributed by atoms with Gasteiger partial charge < -0.3 is 16.2 Å². The van der Waals surface area contributed by atoms with E-state index in [2.05, 4.69) is 5.32 Å². The average molecular weight is 276 g/mol. The Morgan fingerprint density at radius 2 is 1.85 bits per heavy atom. The van der Waals surface area contributed by atoms with Crippen LogP contribution in [0.1, 0.15) is 37.3 Å². The lowest BCUT2D eigenvalue weighted by Gasteiger charge is -2.30. The van der Waals surface area contributed by atoms with E-state index in [9.17, 15) is 14.7 Å². The third-order valence-corrected chi connectivity index (χ3v) is 3.85. The molecule has 1 saturated carbocycles. The first kappa shape index (κ1) is 14.5. The molecular weight excluding hydrogens is 256 g/mol. The van der Waals surface area contributed by atoms with Crippen LogP contribution in [0.3, 0.4) is 0 Å². The van der Waals surface area contributed by atoms with E-state index in [0.29, 0.717) is 12.8 Å². The first-order valence-corrected chi connectivity index (χ1v) is 6.93. The highest BCUT2D eigenvalue weighted by molar-refractivity contribution is 5.84. The molecule has 0 spiro atoms. The van der Waals surface area contributed by atoms with E-state index in [1.165, 1.54) is 0 Å². The Bertz CT molecular complexity index is 475. The van der Waals surface area contributed by atoms with E-state index >= 15 is 0 Å². The van der Waals surface area contributed by atoms with E-state index in [1.807, 2.05) is 18.2 Å². The van der Waals surface area contributed by atoms with Crippen LogP contribution < -0.4 is 11.1 Å². The molecule has 1 aromatic rings. The van der Waals surface area contributed by atoms with Crippen LogP contribution >= 0.6 is 0 Å². The SMILES string of the molecule is N[C@H](C(=O)NC1CCCCC1C(=O)O)c1ccccc1. The second kappa shape index (κ2) is 6.52. The summed E-state index contributed by atoms with van der Waals surface area (Å²) in [6, 6.07) is 8.01. The number of amides is 1. The number of carbonyl (C=O) groups is 2. The molecule has 2 rings (SSSR count). The van der Waals surface area contributed by atoms with E-state index in [1.54, 1.807) is 12.1 Å². The van der Waals surface area contributed by atoms with Crippen molar-refractivity contribution in [3.63, 3.8) is 0 Å². The zero-order valence-electron chi connectivity index (χ0n) is 11.3. The van der Waals surface area contributed by atoms with E-state index in [-0.39, 0.29) is 11.9 Å². The monoisotopic (exact) mass is 276 g/mol. The number of hydrogen-bond donors (Lipinski definition) is 3. The maximum atomic E-state index is 12.2. The summed E-state index contributed by atoms with van der Waals surface area (Å²) >= 11 is 0. The van der Waals surface area contributed by atoms with Gasteiger partial charge in [-0.15, -0.1) is 0 Å². The minimum Gasteiger partial charge on any atom is -0.481 e. The first-order valence-electron chi connectivity index (χ1n) is 6.93. The summed E-state index contributed by atoms with van der Waals surface area (Å²) in [6.07, 6.45) is 3.15. The van der Waals surface area contributed by atoms with Crippen molar-refractivity contribution in [2.24, 2.45) is 11.7 Å². The number of carbonyl (C=O) groups excluding carboxylic acids is 1. The minimum atomic E-state index is -0.844. The molecule has 0 aliphatic heterocycles. The van der Waals surface area contributed by atoms with Crippen molar-refractivity contribution in [1.29, 1.82) is 0 Å². The van der Waals surface area contributed by atoms with Crippen LogP contribution in [-0.2, 0) is 9.59 Å². The number of nitrogens with one attached hydrogen (secondary N) is 1. The Morgan fingerprint density at radius 3 is 2.50 bits per heavy atom. The molecule has 1 aliphatic rings. The van der Waals surface area contributed by atoms with Gasteiger partial charge in [0.2, 0.25) is 5.91 Å². The molecule has 20 heavy (non-hydrogen) atoms. The zero-order chi connectivity index (χ0) is 14.5. The molecule has 4 N–H and O–H groups in total. The van der Waals surface area contributed by atoms with Crippen molar-refractivity contribution >= 4 is 11.9 Å². The van der Waals surface area contributed by atoms with Gasteiger partial charge in [-0.3, -0.25) is 9.59 Å². The van der Waals surface area contributed by atoms with Gasteiger partial charge in [0.05, 0.1) is 5.92 Å². The number of rotatable bonds is 4. The molecule has 5 nitrogen and oxygen atoms in total. The van der Waals surface area contributed by atoms with Crippen LogP contribution in [0.15, 0.2) is 30.3 Å². The Balaban J connectivity index is 2.01. The number of benzene rings is 1. The van der Waals surface area contributed by atoms with Crippen LogP contribution in [0.2, 0.25) is 0 Å². The molecule has 1 aliphatic carbocycles. The van der Waals surface area contributed by atoms with Gasteiger partial charge in [0, 0.05) is 6.04 Å². The van der Waals surface area contributed by atoms with Crippen molar-refractivity contribution in [2.45, 2.75) is 37.8 Å². The van der Waals surface area contributed by atoms with E-state index in [0.717, 1.165) is 18.4 Å². The molecule has 5 heteroatoms. The summed E-state index contributed by atoms with van der Waals surface area (Å²) in [4.78, 5) is 23.4. The normalized spacial score (nSPS) is 23.9. The molecule has 108 valence electrons. The van der Waals surface area contributed by atoms with Crippen LogP contribution in [-0.4, -0.2) is 23.0 Å². The number of aliphatic carboxylic acids is 1. The lowest BCUT2D eigenvalue weighted by Crippen LogP contribution is -2.47. The minimum absolute atomic E-state index is 0.311. The smallest absolute Gasteiger partial charge is 0.308 e. The Morgan fingerprint density at radius 1 is 1.20 bits per heavy atom. The standard InChI is InChI=1S/C15H20N2O3/c16-13(10-6-2-1-3-7-10)14(18)17-12-9-5-4-8-11(12)15(19)20/h1-3,6-7,11-13H,4-5,8-9,16H2,(H,17,18)(H,19,20)/t11?,12?,13-/m0/s1. The zero-order valence-corrected chi connectivity index (χ0v) is 11.3. The van der Waals surface area contributed by atoms with Gasteiger partial charge in [-0.2, -0.15) is 0 Å². The van der Waals surface area contributed by atoms with Gasteiger partial charge in [0.1, 0.15) is 6.04 Å². The summed E-state index contributed by atoms with van der Waals surface area (Å²) in [5, 5.41) is 12.0. The van der Waals surface area contributed by atoms with Crippen molar-refractivity contribution in [1.82, 2.24) is 5.32 Å². The molecule has 0 saturated heterocycles.